The van der Waals surface area contributed by atoms with Crippen molar-refractivity contribution in [3.63, 3.8) is 0 Å². The van der Waals surface area contributed by atoms with Crippen molar-refractivity contribution in [3.05, 3.63) is 77.4 Å². The highest BCUT2D eigenvalue weighted by molar-refractivity contribution is 6.77. The molecule has 4 rings (SSSR count). The number of carbonyl (C=O) groups excluding carboxylic acids is 1. The minimum absolute atomic E-state index is 0.117. The highest BCUT2D eigenvalue weighted by atomic mass is 28.4. The molecule has 0 unspecified atom stereocenters. The molecule has 0 amide bonds. The third kappa shape index (κ3) is 3.56. The number of fused-ring (bicyclic) bond motifs is 3. The van der Waals surface area contributed by atoms with E-state index in [1.807, 2.05) is 36.4 Å². The topological polar surface area (TPSA) is 44.8 Å². The molecule has 0 bridgehead atoms. The lowest BCUT2D eigenvalue weighted by Gasteiger charge is -2.56. The molecule has 170 valence electrons. The average molecular weight is 451 g/mol. The molecule has 4 nitrogen and oxygen atoms in total. The van der Waals surface area contributed by atoms with E-state index in [0.717, 1.165) is 5.56 Å². The van der Waals surface area contributed by atoms with Crippen LogP contribution in [0.5, 0.6) is 5.75 Å². The van der Waals surface area contributed by atoms with E-state index in [4.69, 9.17) is 13.9 Å². The van der Waals surface area contributed by atoms with Gasteiger partial charge in [-0.15, -0.1) is 0 Å². The Kier molecular flexibility index (Phi) is 6.18. The van der Waals surface area contributed by atoms with Gasteiger partial charge in [0.05, 0.1) is 18.1 Å². The van der Waals surface area contributed by atoms with Crippen LogP contribution in [0.3, 0.4) is 0 Å². The molecule has 0 radical (unpaired) electrons. The molecular formula is C27H34O4Si. The lowest BCUT2D eigenvalue weighted by atomic mass is 9.72. The molecule has 0 aromatic heterocycles. The maximum Gasteiger partial charge on any atom is 0.344 e. The van der Waals surface area contributed by atoms with Crippen LogP contribution in [0.15, 0.2) is 66.2 Å². The zero-order chi connectivity index (χ0) is 23.1. The number of carbonyl (C=O) groups is 1. The average Bonchev–Trinajstić information content (AvgIpc) is 2.73. The van der Waals surface area contributed by atoms with Gasteiger partial charge in [-0.1, -0.05) is 90.1 Å². The summed E-state index contributed by atoms with van der Waals surface area (Å²) in [6.45, 7) is 13.9. The van der Waals surface area contributed by atoms with Crippen LogP contribution in [0, 0.1) is 0 Å². The molecule has 2 aliphatic rings. The van der Waals surface area contributed by atoms with E-state index in [9.17, 15) is 4.79 Å². The SMILES string of the molecule is CC(C)[Si](O[C@@]12OCc3ccccc3[C@@H]1C=C2C(=O)Oc1ccccc1)(C(C)C)C(C)C. The molecule has 2 aromatic rings. The molecule has 0 spiro atoms. The van der Waals surface area contributed by atoms with Gasteiger partial charge in [0.25, 0.3) is 0 Å². The second-order valence-corrected chi connectivity index (χ2v) is 15.2. The number of para-hydroxylation sites is 1. The van der Waals surface area contributed by atoms with E-state index in [1.54, 1.807) is 12.1 Å². The lowest BCUT2D eigenvalue weighted by molar-refractivity contribution is -0.207. The van der Waals surface area contributed by atoms with E-state index >= 15 is 0 Å². The summed E-state index contributed by atoms with van der Waals surface area (Å²) in [5.74, 6) is -1.08. The van der Waals surface area contributed by atoms with Gasteiger partial charge in [-0.05, 0) is 39.9 Å². The Balaban J connectivity index is 1.78. The van der Waals surface area contributed by atoms with E-state index in [-0.39, 0.29) is 5.92 Å². The number of ether oxygens (including phenoxy) is 2. The van der Waals surface area contributed by atoms with Crippen LogP contribution in [0.25, 0.3) is 0 Å². The smallest absolute Gasteiger partial charge is 0.344 e. The predicted molar refractivity (Wildman–Crippen MR) is 129 cm³/mol. The van der Waals surface area contributed by atoms with Crippen molar-refractivity contribution >= 4 is 14.3 Å². The summed E-state index contributed by atoms with van der Waals surface area (Å²) in [7, 11) is -2.35. The molecule has 1 aliphatic heterocycles. The number of rotatable bonds is 7. The molecule has 0 saturated carbocycles. The first-order chi connectivity index (χ1) is 15.2. The van der Waals surface area contributed by atoms with Crippen LogP contribution in [0.4, 0.5) is 0 Å². The maximum absolute atomic E-state index is 13.3. The molecule has 1 aliphatic carbocycles. The Bertz CT molecular complexity index is 990. The van der Waals surface area contributed by atoms with Gasteiger partial charge in [-0.2, -0.15) is 0 Å². The molecule has 0 saturated heterocycles. The van der Waals surface area contributed by atoms with Crippen molar-refractivity contribution in [1.29, 1.82) is 0 Å². The molecular weight excluding hydrogens is 416 g/mol. The monoisotopic (exact) mass is 450 g/mol. The van der Waals surface area contributed by atoms with Gasteiger partial charge in [0.1, 0.15) is 5.75 Å². The third-order valence-electron chi connectivity index (χ3n) is 7.16. The van der Waals surface area contributed by atoms with Crippen LogP contribution in [0.2, 0.25) is 16.6 Å². The number of esters is 1. The van der Waals surface area contributed by atoms with Crippen LogP contribution < -0.4 is 4.74 Å². The fraction of sp³-hybridized carbons (Fsp3) is 0.444. The Hall–Kier alpha value is -2.21. The molecule has 0 N–H and O–H groups in total. The second kappa shape index (κ2) is 8.62. The first kappa shape index (κ1) is 23.0. The first-order valence-corrected chi connectivity index (χ1v) is 13.8. The Morgan fingerprint density at radius 1 is 0.938 bits per heavy atom. The maximum atomic E-state index is 13.3. The summed E-state index contributed by atoms with van der Waals surface area (Å²) < 4.78 is 19.5. The minimum atomic E-state index is -2.35. The zero-order valence-corrected chi connectivity index (χ0v) is 20.9. The predicted octanol–water partition coefficient (Wildman–Crippen LogP) is 6.73. The highest BCUT2D eigenvalue weighted by Gasteiger charge is 2.62. The van der Waals surface area contributed by atoms with Crippen molar-refractivity contribution in [1.82, 2.24) is 0 Å². The largest absolute Gasteiger partial charge is 0.423 e. The summed E-state index contributed by atoms with van der Waals surface area (Å²) in [5.41, 5.74) is 3.91. The molecule has 0 fully saturated rings. The van der Waals surface area contributed by atoms with Crippen LogP contribution in [-0.4, -0.2) is 20.1 Å². The van der Waals surface area contributed by atoms with Crippen molar-refractivity contribution in [2.45, 2.75) is 76.5 Å². The van der Waals surface area contributed by atoms with E-state index in [1.165, 1.54) is 5.56 Å². The zero-order valence-electron chi connectivity index (χ0n) is 19.9. The summed E-state index contributed by atoms with van der Waals surface area (Å²) in [5, 5.41) is 0. The normalized spacial score (nSPS) is 22.3. The number of hydrogen-bond acceptors (Lipinski definition) is 4. The van der Waals surface area contributed by atoms with Crippen molar-refractivity contribution < 1.29 is 18.7 Å². The number of benzene rings is 2. The van der Waals surface area contributed by atoms with Crippen molar-refractivity contribution in [2.75, 3.05) is 0 Å². The van der Waals surface area contributed by atoms with Gasteiger partial charge >= 0.3 is 5.97 Å². The summed E-state index contributed by atoms with van der Waals surface area (Å²) in [6, 6.07) is 17.5. The first-order valence-electron chi connectivity index (χ1n) is 11.6. The highest BCUT2D eigenvalue weighted by Crippen LogP contribution is 2.57. The summed E-state index contributed by atoms with van der Waals surface area (Å²) >= 11 is 0. The Morgan fingerprint density at radius 3 is 2.16 bits per heavy atom. The quantitative estimate of drug-likeness (QED) is 0.266. The summed E-state index contributed by atoms with van der Waals surface area (Å²) in [4.78, 5) is 13.3. The lowest BCUT2D eigenvalue weighted by Crippen LogP contribution is -2.63. The van der Waals surface area contributed by atoms with Crippen molar-refractivity contribution in [2.24, 2.45) is 0 Å². The Labute approximate surface area is 192 Å². The fourth-order valence-electron chi connectivity index (χ4n) is 5.70. The van der Waals surface area contributed by atoms with Crippen LogP contribution in [0.1, 0.15) is 58.6 Å². The molecule has 2 aromatic carbocycles. The van der Waals surface area contributed by atoms with Crippen LogP contribution >= 0.6 is 0 Å². The molecule has 2 atom stereocenters. The van der Waals surface area contributed by atoms with Gasteiger partial charge in [0.2, 0.25) is 14.1 Å². The van der Waals surface area contributed by atoms with Crippen LogP contribution in [-0.2, 0) is 20.6 Å². The van der Waals surface area contributed by atoms with Gasteiger partial charge in [0.15, 0.2) is 0 Å². The Morgan fingerprint density at radius 2 is 1.53 bits per heavy atom. The molecule has 1 heterocycles. The van der Waals surface area contributed by atoms with E-state index in [2.05, 4.69) is 53.7 Å². The van der Waals surface area contributed by atoms with E-state index < -0.39 is 20.1 Å². The standard InChI is InChI=1S/C27H34O4Si/c1-18(2)32(19(3)4,20(5)6)31-27-24(23-15-11-10-12-21(23)17-29-27)16-25(27)26(28)30-22-13-8-7-9-14-22/h7-16,18-20,24H,17H2,1-6H3/t24-,27-/m0/s1. The summed E-state index contributed by atoms with van der Waals surface area (Å²) in [6.07, 6.45) is 1.98. The van der Waals surface area contributed by atoms with Gasteiger partial charge < -0.3 is 13.9 Å². The van der Waals surface area contributed by atoms with Gasteiger partial charge in [0, 0.05) is 0 Å². The fourth-order valence-corrected chi connectivity index (χ4v) is 11.2. The number of hydrogen-bond donors (Lipinski definition) is 0. The molecule has 32 heavy (non-hydrogen) atoms. The second-order valence-electron chi connectivity index (χ2n) is 9.84. The molecule has 5 heteroatoms. The third-order valence-corrected chi connectivity index (χ3v) is 13.2. The minimum Gasteiger partial charge on any atom is -0.423 e. The van der Waals surface area contributed by atoms with Gasteiger partial charge in [-0.25, -0.2) is 4.79 Å². The van der Waals surface area contributed by atoms with Crippen molar-refractivity contribution in [3.8, 4) is 5.75 Å². The van der Waals surface area contributed by atoms with Gasteiger partial charge in [-0.3, -0.25) is 0 Å². The van der Waals surface area contributed by atoms with E-state index in [0.29, 0.717) is 34.6 Å².